The summed E-state index contributed by atoms with van der Waals surface area (Å²) in [5.41, 5.74) is 7.32. The molecular formula is C16H22N6O2. The molecule has 1 saturated heterocycles. The number of aryl methyl sites for hydroxylation is 1. The van der Waals surface area contributed by atoms with E-state index in [2.05, 4.69) is 15.1 Å². The van der Waals surface area contributed by atoms with Crippen LogP contribution in [0.2, 0.25) is 0 Å². The summed E-state index contributed by atoms with van der Waals surface area (Å²) in [4.78, 5) is 23.2. The maximum Gasteiger partial charge on any atom is 0.250 e. The molecule has 0 saturated carbocycles. The number of rotatable bonds is 3. The van der Waals surface area contributed by atoms with Crippen molar-refractivity contribution in [1.82, 2.24) is 24.6 Å². The second-order valence-corrected chi connectivity index (χ2v) is 6.48. The first-order chi connectivity index (χ1) is 11.4. The third-order valence-corrected chi connectivity index (χ3v) is 4.19. The molecule has 0 aromatic carbocycles. The molecule has 1 aliphatic heterocycles. The van der Waals surface area contributed by atoms with Crippen LogP contribution in [0.5, 0.6) is 0 Å². The minimum Gasteiger partial charge on any atom is -0.399 e. The van der Waals surface area contributed by atoms with Crippen molar-refractivity contribution < 1.29 is 9.53 Å². The number of amides is 1. The Hall–Kier alpha value is -2.48. The topological polar surface area (TPSA) is 99.2 Å². The number of nitrogen functional groups attached to an aromatic ring is 1. The van der Waals surface area contributed by atoms with Crippen molar-refractivity contribution in [1.29, 1.82) is 0 Å². The molecule has 0 unspecified atom stereocenters. The van der Waals surface area contributed by atoms with E-state index in [-0.39, 0.29) is 12.0 Å². The van der Waals surface area contributed by atoms with Crippen LogP contribution in [-0.4, -0.2) is 50.3 Å². The Labute approximate surface area is 140 Å². The molecule has 8 nitrogen and oxygen atoms in total. The maximum absolute atomic E-state index is 13.0. The quantitative estimate of drug-likeness (QED) is 0.897. The zero-order valence-corrected chi connectivity index (χ0v) is 14.1. The molecule has 0 radical (unpaired) electrons. The Kier molecular flexibility index (Phi) is 4.23. The fourth-order valence-corrected chi connectivity index (χ4v) is 2.88. The molecular weight excluding hydrogens is 308 g/mol. The Bertz CT molecular complexity index is 708. The lowest BCUT2D eigenvalue weighted by Gasteiger charge is -2.37. The van der Waals surface area contributed by atoms with Gasteiger partial charge in [-0.3, -0.25) is 9.78 Å². The summed E-state index contributed by atoms with van der Waals surface area (Å²) in [5, 5.41) is 4.10. The number of nitrogens with two attached hydrogens (primary N) is 1. The molecule has 1 amide bonds. The summed E-state index contributed by atoms with van der Waals surface area (Å²) in [6.45, 7) is 6.98. The third-order valence-electron chi connectivity index (χ3n) is 4.19. The largest absolute Gasteiger partial charge is 0.399 e. The summed E-state index contributed by atoms with van der Waals surface area (Å²) < 4.78 is 7.38. The lowest BCUT2D eigenvalue weighted by atomic mass is 10.0. The van der Waals surface area contributed by atoms with Crippen molar-refractivity contribution in [2.24, 2.45) is 0 Å². The molecule has 1 atom stereocenters. The molecule has 3 rings (SSSR count). The number of pyridine rings is 1. The zero-order chi connectivity index (χ0) is 17.3. The second-order valence-electron chi connectivity index (χ2n) is 6.48. The van der Waals surface area contributed by atoms with Gasteiger partial charge in [-0.2, -0.15) is 5.10 Å². The van der Waals surface area contributed by atoms with Gasteiger partial charge in [-0.05, 0) is 32.9 Å². The van der Waals surface area contributed by atoms with Crippen molar-refractivity contribution in [3.63, 3.8) is 0 Å². The minimum atomic E-state index is -0.808. The molecule has 24 heavy (non-hydrogen) atoms. The van der Waals surface area contributed by atoms with Crippen molar-refractivity contribution in [3.05, 3.63) is 36.2 Å². The van der Waals surface area contributed by atoms with Crippen LogP contribution >= 0.6 is 0 Å². The van der Waals surface area contributed by atoms with Gasteiger partial charge in [-0.1, -0.05) is 0 Å². The Morgan fingerprint density at radius 3 is 2.88 bits per heavy atom. The molecule has 3 heterocycles. The highest BCUT2D eigenvalue weighted by molar-refractivity contribution is 5.83. The molecule has 128 valence electrons. The van der Waals surface area contributed by atoms with Crippen LogP contribution in [0.4, 0.5) is 5.69 Å². The highest BCUT2D eigenvalue weighted by Gasteiger charge is 2.37. The van der Waals surface area contributed by atoms with Gasteiger partial charge in [-0.15, -0.1) is 0 Å². The van der Waals surface area contributed by atoms with Crippen molar-refractivity contribution in [2.75, 3.05) is 25.4 Å². The van der Waals surface area contributed by atoms with E-state index in [1.54, 1.807) is 22.0 Å². The van der Waals surface area contributed by atoms with Gasteiger partial charge in [0.2, 0.25) is 5.91 Å². The van der Waals surface area contributed by atoms with E-state index in [0.29, 0.717) is 25.4 Å². The molecule has 0 bridgehead atoms. The van der Waals surface area contributed by atoms with Crippen LogP contribution in [0.25, 0.3) is 0 Å². The number of hydrogen-bond acceptors (Lipinski definition) is 6. The van der Waals surface area contributed by atoms with E-state index in [1.807, 2.05) is 26.8 Å². The van der Waals surface area contributed by atoms with Crippen molar-refractivity contribution in [2.45, 2.75) is 32.4 Å². The van der Waals surface area contributed by atoms with E-state index in [1.165, 1.54) is 6.33 Å². The van der Waals surface area contributed by atoms with Gasteiger partial charge in [0.15, 0.2) is 0 Å². The maximum atomic E-state index is 13.0. The van der Waals surface area contributed by atoms with Crippen LogP contribution in [0.3, 0.4) is 0 Å². The van der Waals surface area contributed by atoms with Crippen molar-refractivity contribution >= 4 is 11.6 Å². The Balaban J connectivity index is 1.79. The smallest absolute Gasteiger partial charge is 0.250 e. The second kappa shape index (κ2) is 6.20. The van der Waals surface area contributed by atoms with Gasteiger partial charge in [-0.25, -0.2) is 9.67 Å². The number of anilines is 1. The summed E-state index contributed by atoms with van der Waals surface area (Å²) in [6.07, 6.45) is 2.70. The van der Waals surface area contributed by atoms with E-state index >= 15 is 0 Å². The summed E-state index contributed by atoms with van der Waals surface area (Å²) in [6, 6.07) is 3.61. The first-order valence-corrected chi connectivity index (χ1v) is 7.88. The number of ether oxygens (including phenoxy) is 1. The highest BCUT2D eigenvalue weighted by atomic mass is 16.5. The number of carbonyl (C=O) groups excluding carboxylic acids is 1. The molecule has 2 N–H and O–H groups in total. The fraction of sp³-hybridized carbons (Fsp3) is 0.500. The van der Waals surface area contributed by atoms with E-state index < -0.39 is 5.54 Å². The van der Waals surface area contributed by atoms with Gasteiger partial charge < -0.3 is 15.4 Å². The number of hydrogen-bond donors (Lipinski definition) is 1. The Morgan fingerprint density at radius 1 is 1.42 bits per heavy atom. The van der Waals surface area contributed by atoms with Crippen LogP contribution in [-0.2, 0) is 15.1 Å². The van der Waals surface area contributed by atoms with Gasteiger partial charge in [0.25, 0.3) is 0 Å². The molecule has 8 heteroatoms. The number of carbonyl (C=O) groups is 1. The molecule has 1 aliphatic rings. The minimum absolute atomic E-state index is 0.0260. The predicted molar refractivity (Wildman–Crippen MR) is 88.0 cm³/mol. The van der Waals surface area contributed by atoms with E-state index in [4.69, 9.17) is 10.5 Å². The van der Waals surface area contributed by atoms with Gasteiger partial charge >= 0.3 is 0 Å². The molecule has 0 spiro atoms. The summed E-state index contributed by atoms with van der Waals surface area (Å²) in [5.74, 6) is -0.0260. The number of nitrogens with zero attached hydrogens (tertiary/aromatic N) is 5. The normalized spacial score (nSPS) is 18.6. The van der Waals surface area contributed by atoms with E-state index in [9.17, 15) is 4.79 Å². The van der Waals surface area contributed by atoms with Gasteiger partial charge in [0, 0.05) is 17.9 Å². The molecule has 1 fully saturated rings. The van der Waals surface area contributed by atoms with Crippen LogP contribution in [0, 0.1) is 6.92 Å². The SMILES string of the molecule is Cc1cc(N)cc([C@@H]2CN(C(=O)C(C)(C)n3cncn3)CCO2)n1. The van der Waals surface area contributed by atoms with Crippen LogP contribution in [0.15, 0.2) is 24.8 Å². The molecule has 2 aromatic rings. The van der Waals surface area contributed by atoms with Crippen LogP contribution in [0.1, 0.15) is 31.3 Å². The third kappa shape index (κ3) is 3.09. The van der Waals surface area contributed by atoms with E-state index in [0.717, 1.165) is 11.4 Å². The highest BCUT2D eigenvalue weighted by Crippen LogP contribution is 2.26. The summed E-state index contributed by atoms with van der Waals surface area (Å²) in [7, 11) is 0. The average molecular weight is 330 g/mol. The monoisotopic (exact) mass is 330 g/mol. The van der Waals surface area contributed by atoms with Gasteiger partial charge in [0.1, 0.15) is 24.3 Å². The lowest BCUT2D eigenvalue weighted by Crippen LogP contribution is -2.51. The lowest BCUT2D eigenvalue weighted by molar-refractivity contribution is -0.147. The van der Waals surface area contributed by atoms with Crippen LogP contribution < -0.4 is 5.73 Å². The summed E-state index contributed by atoms with van der Waals surface area (Å²) >= 11 is 0. The first-order valence-electron chi connectivity index (χ1n) is 7.88. The van der Waals surface area contributed by atoms with Gasteiger partial charge in [0.05, 0.1) is 18.8 Å². The zero-order valence-electron chi connectivity index (χ0n) is 14.1. The molecule has 0 aliphatic carbocycles. The van der Waals surface area contributed by atoms with Crippen molar-refractivity contribution in [3.8, 4) is 0 Å². The first kappa shape index (κ1) is 16.4. The average Bonchev–Trinajstić information content (AvgIpc) is 3.08. The molecule has 2 aromatic heterocycles. The fourth-order valence-electron chi connectivity index (χ4n) is 2.88. The Morgan fingerprint density at radius 2 is 2.21 bits per heavy atom. The number of morpholine rings is 1. The predicted octanol–water partition coefficient (Wildman–Crippen LogP) is 0.899. The standard InChI is InChI=1S/C16H22N6O2/c1-11-6-12(17)7-13(20-11)14-8-21(4-5-24-14)15(23)16(2,3)22-10-18-9-19-22/h6-7,9-10,14H,4-5,8H2,1-3H3,(H2,17,20)/t14-/m0/s1. The number of aromatic nitrogens is 4.